The second-order valence-corrected chi connectivity index (χ2v) is 4.30. The molecule has 1 aliphatic rings. The third kappa shape index (κ3) is 1.61. The van der Waals surface area contributed by atoms with Crippen LogP contribution in [0.4, 0.5) is 0 Å². The van der Waals surface area contributed by atoms with Crippen LogP contribution < -0.4 is 5.32 Å². The van der Waals surface area contributed by atoms with Crippen LogP contribution in [0.5, 0.6) is 5.75 Å². The van der Waals surface area contributed by atoms with Gasteiger partial charge in [0, 0.05) is 23.6 Å². The zero-order valence-corrected chi connectivity index (χ0v) is 9.60. The van der Waals surface area contributed by atoms with Crippen LogP contribution in [0.25, 0.3) is 11.3 Å². The lowest BCUT2D eigenvalue weighted by Gasteiger charge is -2.09. The number of phenols is 1. The van der Waals surface area contributed by atoms with E-state index < -0.39 is 0 Å². The number of nitrogens with zero attached hydrogens (tertiary/aromatic N) is 1. The summed E-state index contributed by atoms with van der Waals surface area (Å²) in [6.07, 6.45) is 1.96. The van der Waals surface area contributed by atoms with E-state index >= 15 is 0 Å². The summed E-state index contributed by atoms with van der Waals surface area (Å²) in [6, 6.07) is 7.41. The highest BCUT2D eigenvalue weighted by Crippen LogP contribution is 2.38. The van der Waals surface area contributed by atoms with Gasteiger partial charge in [0.2, 0.25) is 0 Å². The lowest BCUT2D eigenvalue weighted by molar-refractivity contribution is 0.387. The lowest BCUT2D eigenvalue weighted by atomic mass is 10.0. The summed E-state index contributed by atoms with van der Waals surface area (Å²) in [5, 5.41) is 16.9. The van der Waals surface area contributed by atoms with Gasteiger partial charge in [0.05, 0.1) is 0 Å². The van der Waals surface area contributed by atoms with Crippen molar-refractivity contribution in [1.29, 1.82) is 0 Å². The van der Waals surface area contributed by atoms with Gasteiger partial charge in [-0.2, -0.15) is 0 Å². The van der Waals surface area contributed by atoms with Crippen molar-refractivity contribution in [2.24, 2.45) is 0 Å². The molecule has 0 saturated carbocycles. The number of nitrogens with one attached hydrogen (secondary N) is 1. The van der Waals surface area contributed by atoms with Crippen molar-refractivity contribution in [3.05, 3.63) is 35.6 Å². The van der Waals surface area contributed by atoms with E-state index in [0.717, 1.165) is 35.4 Å². The maximum Gasteiger partial charge on any atom is 0.142 e. The Bertz CT molecular complexity index is 548. The second-order valence-electron chi connectivity index (χ2n) is 4.30. The van der Waals surface area contributed by atoms with Gasteiger partial charge >= 0.3 is 0 Å². The minimum absolute atomic E-state index is 0.248. The molecule has 1 atom stereocenters. The van der Waals surface area contributed by atoms with Gasteiger partial charge < -0.3 is 14.9 Å². The Morgan fingerprint density at radius 2 is 2.35 bits per heavy atom. The van der Waals surface area contributed by atoms with Crippen LogP contribution in [0.3, 0.4) is 0 Å². The molecule has 4 nitrogen and oxygen atoms in total. The Balaban J connectivity index is 2.11. The molecule has 0 bridgehead atoms. The summed E-state index contributed by atoms with van der Waals surface area (Å²) in [6.45, 7) is 0. The summed E-state index contributed by atoms with van der Waals surface area (Å²) >= 11 is 0. The SMILES string of the molecule is CNC1CCc2onc(-c3cccc(O)c3)c21. The van der Waals surface area contributed by atoms with Gasteiger partial charge in [0.1, 0.15) is 17.2 Å². The summed E-state index contributed by atoms with van der Waals surface area (Å²) in [7, 11) is 1.94. The molecule has 1 heterocycles. The summed E-state index contributed by atoms with van der Waals surface area (Å²) in [5.74, 6) is 1.21. The lowest BCUT2D eigenvalue weighted by Crippen LogP contribution is -2.13. The van der Waals surface area contributed by atoms with Gasteiger partial charge in [-0.15, -0.1) is 0 Å². The molecule has 3 rings (SSSR count). The highest BCUT2D eigenvalue weighted by atomic mass is 16.5. The average molecular weight is 230 g/mol. The van der Waals surface area contributed by atoms with Crippen molar-refractivity contribution >= 4 is 0 Å². The fourth-order valence-corrected chi connectivity index (χ4v) is 2.44. The van der Waals surface area contributed by atoms with Gasteiger partial charge in [-0.05, 0) is 25.6 Å². The quantitative estimate of drug-likeness (QED) is 0.830. The molecule has 0 aliphatic heterocycles. The van der Waals surface area contributed by atoms with Crippen molar-refractivity contribution in [1.82, 2.24) is 10.5 Å². The average Bonchev–Trinajstić information content (AvgIpc) is 2.89. The number of hydrogen-bond acceptors (Lipinski definition) is 4. The zero-order valence-electron chi connectivity index (χ0n) is 9.60. The third-order valence-electron chi connectivity index (χ3n) is 3.28. The van der Waals surface area contributed by atoms with Crippen molar-refractivity contribution in [3.8, 4) is 17.0 Å². The first-order valence-corrected chi connectivity index (χ1v) is 5.74. The molecule has 2 N–H and O–H groups in total. The van der Waals surface area contributed by atoms with Gasteiger partial charge in [0.15, 0.2) is 0 Å². The Labute approximate surface area is 99.3 Å². The van der Waals surface area contributed by atoms with Crippen LogP contribution in [-0.2, 0) is 6.42 Å². The Morgan fingerprint density at radius 1 is 1.47 bits per heavy atom. The summed E-state index contributed by atoms with van der Waals surface area (Å²) in [5.41, 5.74) is 2.88. The van der Waals surface area contributed by atoms with E-state index in [1.54, 1.807) is 12.1 Å². The summed E-state index contributed by atoms with van der Waals surface area (Å²) in [4.78, 5) is 0. The smallest absolute Gasteiger partial charge is 0.142 e. The number of aromatic nitrogens is 1. The number of rotatable bonds is 2. The van der Waals surface area contributed by atoms with Gasteiger partial charge in [0.25, 0.3) is 0 Å². The van der Waals surface area contributed by atoms with E-state index in [2.05, 4.69) is 10.5 Å². The van der Waals surface area contributed by atoms with E-state index in [-0.39, 0.29) is 5.75 Å². The molecule has 1 unspecified atom stereocenters. The normalized spacial score (nSPS) is 18.3. The van der Waals surface area contributed by atoms with Gasteiger partial charge in [-0.25, -0.2) is 0 Å². The van der Waals surface area contributed by atoms with Crippen LogP contribution in [-0.4, -0.2) is 17.3 Å². The molecule has 4 heteroatoms. The molecule has 17 heavy (non-hydrogen) atoms. The van der Waals surface area contributed by atoms with E-state index in [1.165, 1.54) is 0 Å². The monoisotopic (exact) mass is 230 g/mol. The topological polar surface area (TPSA) is 58.3 Å². The first-order chi connectivity index (χ1) is 8.29. The molecule has 0 amide bonds. The molecule has 2 aromatic rings. The molecule has 1 aromatic carbocycles. The predicted octanol–water partition coefficient (Wildman–Crippen LogP) is 2.25. The molecule has 0 radical (unpaired) electrons. The van der Waals surface area contributed by atoms with E-state index in [9.17, 15) is 5.11 Å². The molecular formula is C13H14N2O2. The van der Waals surface area contributed by atoms with Crippen LogP contribution in [0.1, 0.15) is 23.8 Å². The van der Waals surface area contributed by atoms with Crippen LogP contribution in [0, 0.1) is 0 Å². The highest BCUT2D eigenvalue weighted by Gasteiger charge is 2.30. The Hall–Kier alpha value is -1.81. The first-order valence-electron chi connectivity index (χ1n) is 5.74. The van der Waals surface area contributed by atoms with E-state index in [0.29, 0.717) is 6.04 Å². The number of aryl methyl sites for hydroxylation is 1. The molecule has 0 fully saturated rings. The summed E-state index contributed by atoms with van der Waals surface area (Å²) < 4.78 is 5.36. The maximum absolute atomic E-state index is 9.51. The minimum Gasteiger partial charge on any atom is -0.508 e. The molecule has 88 valence electrons. The zero-order chi connectivity index (χ0) is 11.8. The van der Waals surface area contributed by atoms with E-state index in [1.807, 2.05) is 19.2 Å². The van der Waals surface area contributed by atoms with Crippen molar-refractivity contribution < 1.29 is 9.63 Å². The Kier molecular flexibility index (Phi) is 2.37. The fraction of sp³-hybridized carbons (Fsp3) is 0.308. The molecule has 0 spiro atoms. The number of fused-ring (bicyclic) bond motifs is 1. The van der Waals surface area contributed by atoms with Crippen molar-refractivity contribution in [2.75, 3.05) is 7.05 Å². The number of phenolic OH excluding ortho intramolecular Hbond substituents is 1. The van der Waals surface area contributed by atoms with Crippen LogP contribution in [0.15, 0.2) is 28.8 Å². The third-order valence-corrected chi connectivity index (χ3v) is 3.28. The first kappa shape index (κ1) is 10.4. The molecule has 0 saturated heterocycles. The fourth-order valence-electron chi connectivity index (χ4n) is 2.44. The van der Waals surface area contributed by atoms with Gasteiger partial charge in [-0.3, -0.25) is 0 Å². The molecular weight excluding hydrogens is 216 g/mol. The van der Waals surface area contributed by atoms with Gasteiger partial charge in [-0.1, -0.05) is 17.3 Å². The largest absolute Gasteiger partial charge is 0.508 e. The maximum atomic E-state index is 9.51. The Morgan fingerprint density at radius 3 is 3.12 bits per heavy atom. The molecule has 1 aromatic heterocycles. The second kappa shape index (κ2) is 3.89. The predicted molar refractivity (Wildman–Crippen MR) is 63.7 cm³/mol. The highest BCUT2D eigenvalue weighted by molar-refractivity contribution is 5.66. The number of benzene rings is 1. The molecule has 1 aliphatic carbocycles. The number of aromatic hydroxyl groups is 1. The number of hydrogen-bond donors (Lipinski definition) is 2. The minimum atomic E-state index is 0.248. The van der Waals surface area contributed by atoms with Crippen LogP contribution >= 0.6 is 0 Å². The van der Waals surface area contributed by atoms with E-state index in [4.69, 9.17) is 4.52 Å². The van der Waals surface area contributed by atoms with Crippen molar-refractivity contribution in [2.45, 2.75) is 18.9 Å². The standard InChI is InChI=1S/C13H14N2O2/c1-14-10-5-6-11-12(10)13(15-17-11)8-3-2-4-9(16)7-8/h2-4,7,10,14,16H,5-6H2,1H3. The van der Waals surface area contributed by atoms with Crippen LogP contribution in [0.2, 0.25) is 0 Å². The van der Waals surface area contributed by atoms with Crippen molar-refractivity contribution in [3.63, 3.8) is 0 Å².